The largest absolute Gasteiger partial charge is 0.444 e. The van der Waals surface area contributed by atoms with Crippen molar-refractivity contribution in [3.05, 3.63) is 29.6 Å². The van der Waals surface area contributed by atoms with E-state index < -0.39 is 17.1 Å². The second-order valence-corrected chi connectivity index (χ2v) is 6.52. The lowest BCUT2D eigenvalue weighted by Gasteiger charge is -2.25. The summed E-state index contributed by atoms with van der Waals surface area (Å²) in [5.74, 6) is 4.70. The first-order chi connectivity index (χ1) is 9.55. The van der Waals surface area contributed by atoms with Gasteiger partial charge in [-0.25, -0.2) is 15.1 Å². The lowest BCUT2D eigenvalue weighted by molar-refractivity contribution is 0.0636. The zero-order valence-corrected chi connectivity index (χ0v) is 13.1. The fourth-order valence-electron chi connectivity index (χ4n) is 1.83. The number of ether oxygens (including phenoxy) is 1. The average molecular weight is 298 g/mol. The molecule has 21 heavy (non-hydrogen) atoms. The summed E-state index contributed by atoms with van der Waals surface area (Å²) >= 11 is 0. The van der Waals surface area contributed by atoms with Crippen LogP contribution in [0.25, 0.3) is 0 Å². The van der Waals surface area contributed by atoms with Gasteiger partial charge in [0, 0.05) is 11.1 Å². The molecule has 0 bridgehead atoms. The number of amides is 1. The first-order valence-corrected chi connectivity index (χ1v) is 6.67. The maximum atomic E-state index is 14.0. The van der Waals surface area contributed by atoms with E-state index in [0.717, 1.165) is 0 Å². The highest BCUT2D eigenvalue weighted by molar-refractivity contribution is 5.85. The van der Waals surface area contributed by atoms with Crippen molar-refractivity contribution < 1.29 is 18.8 Å². The van der Waals surface area contributed by atoms with Crippen LogP contribution in [-0.2, 0) is 15.0 Å². The maximum absolute atomic E-state index is 14.0. The molecule has 0 saturated carbocycles. The van der Waals surface area contributed by atoms with Crippen molar-refractivity contribution in [3.8, 4) is 0 Å². The van der Waals surface area contributed by atoms with E-state index in [1.807, 2.05) is 0 Å². The van der Waals surface area contributed by atoms with E-state index in [-0.39, 0.29) is 12.4 Å². The number of halogens is 1. The van der Waals surface area contributed by atoms with Gasteiger partial charge in [0.2, 0.25) is 0 Å². The number of hydrogen-bond acceptors (Lipinski definition) is 4. The van der Waals surface area contributed by atoms with Gasteiger partial charge in [-0.2, -0.15) is 0 Å². The van der Waals surface area contributed by atoms with E-state index >= 15 is 0 Å². The van der Waals surface area contributed by atoms with E-state index in [1.54, 1.807) is 40.7 Å². The third-order valence-corrected chi connectivity index (χ3v) is 2.78. The number of anilines is 1. The van der Waals surface area contributed by atoms with Crippen molar-refractivity contribution in [1.82, 2.24) is 0 Å². The molecule has 1 rings (SSSR count). The summed E-state index contributed by atoms with van der Waals surface area (Å²) in [6.45, 7) is 9.06. The Morgan fingerprint density at radius 3 is 2.43 bits per heavy atom. The lowest BCUT2D eigenvalue weighted by Crippen LogP contribution is -2.29. The SMILES string of the molecule is CC(C)(C)OC(=O)Nc1ccc(F)c(C(C)(C)CON)c1. The first kappa shape index (κ1) is 17.4. The van der Waals surface area contributed by atoms with Crippen LogP contribution in [0.15, 0.2) is 18.2 Å². The Labute approximate surface area is 124 Å². The molecule has 0 radical (unpaired) electrons. The number of benzene rings is 1. The quantitative estimate of drug-likeness (QED) is 0.836. The van der Waals surface area contributed by atoms with Gasteiger partial charge in [0.1, 0.15) is 11.4 Å². The molecule has 0 saturated heterocycles. The Morgan fingerprint density at radius 2 is 1.90 bits per heavy atom. The van der Waals surface area contributed by atoms with Gasteiger partial charge in [0.05, 0.1) is 6.61 Å². The summed E-state index contributed by atoms with van der Waals surface area (Å²) in [6, 6.07) is 4.32. The Hall–Kier alpha value is -1.66. The Balaban J connectivity index is 2.94. The molecule has 0 aliphatic rings. The van der Waals surface area contributed by atoms with Crippen molar-refractivity contribution in [1.29, 1.82) is 0 Å². The number of rotatable bonds is 4. The Bertz CT molecular complexity index is 510. The molecule has 6 heteroatoms. The molecule has 0 spiro atoms. The van der Waals surface area contributed by atoms with E-state index in [9.17, 15) is 9.18 Å². The topological polar surface area (TPSA) is 73.6 Å². The molecular formula is C15H23FN2O3. The highest BCUT2D eigenvalue weighted by atomic mass is 19.1. The van der Waals surface area contributed by atoms with Gasteiger partial charge in [-0.15, -0.1) is 0 Å². The summed E-state index contributed by atoms with van der Waals surface area (Å²) in [4.78, 5) is 16.4. The van der Waals surface area contributed by atoms with E-state index in [2.05, 4.69) is 10.2 Å². The van der Waals surface area contributed by atoms with Crippen LogP contribution in [0.4, 0.5) is 14.9 Å². The molecule has 0 fully saturated rings. The molecule has 1 aromatic carbocycles. The van der Waals surface area contributed by atoms with Crippen molar-refractivity contribution >= 4 is 11.8 Å². The zero-order valence-electron chi connectivity index (χ0n) is 13.1. The number of carbonyl (C=O) groups excluding carboxylic acids is 1. The highest BCUT2D eigenvalue weighted by Gasteiger charge is 2.25. The predicted molar refractivity (Wildman–Crippen MR) is 79.4 cm³/mol. The van der Waals surface area contributed by atoms with Crippen molar-refractivity contribution in [2.75, 3.05) is 11.9 Å². The zero-order chi connectivity index (χ0) is 16.3. The van der Waals surface area contributed by atoms with E-state index in [1.165, 1.54) is 12.1 Å². The van der Waals surface area contributed by atoms with Crippen LogP contribution in [-0.4, -0.2) is 18.3 Å². The molecule has 0 aliphatic carbocycles. The third kappa shape index (κ3) is 5.32. The van der Waals surface area contributed by atoms with Crippen LogP contribution in [0.1, 0.15) is 40.2 Å². The minimum atomic E-state index is -0.621. The monoisotopic (exact) mass is 298 g/mol. The van der Waals surface area contributed by atoms with Crippen molar-refractivity contribution in [3.63, 3.8) is 0 Å². The molecule has 5 nitrogen and oxygen atoms in total. The molecule has 0 atom stereocenters. The average Bonchev–Trinajstić information content (AvgIpc) is 2.28. The Kier molecular flexibility index (Phi) is 5.31. The summed E-state index contributed by atoms with van der Waals surface area (Å²) in [7, 11) is 0. The minimum absolute atomic E-state index is 0.153. The van der Waals surface area contributed by atoms with Gasteiger partial charge in [-0.05, 0) is 44.5 Å². The van der Waals surface area contributed by atoms with Crippen LogP contribution >= 0.6 is 0 Å². The van der Waals surface area contributed by atoms with Crippen LogP contribution in [0.2, 0.25) is 0 Å². The molecule has 118 valence electrons. The van der Waals surface area contributed by atoms with Crippen molar-refractivity contribution in [2.24, 2.45) is 5.90 Å². The fraction of sp³-hybridized carbons (Fsp3) is 0.533. The molecule has 1 aromatic rings. The van der Waals surface area contributed by atoms with Gasteiger partial charge in [0.15, 0.2) is 0 Å². The highest BCUT2D eigenvalue weighted by Crippen LogP contribution is 2.28. The first-order valence-electron chi connectivity index (χ1n) is 6.67. The van der Waals surface area contributed by atoms with Gasteiger partial charge < -0.3 is 9.57 Å². The number of hydrogen-bond donors (Lipinski definition) is 2. The van der Waals surface area contributed by atoms with Crippen LogP contribution in [0.3, 0.4) is 0 Å². The smallest absolute Gasteiger partial charge is 0.412 e. The lowest BCUT2D eigenvalue weighted by atomic mass is 9.85. The summed E-state index contributed by atoms with van der Waals surface area (Å²) in [5, 5.41) is 2.58. The summed E-state index contributed by atoms with van der Waals surface area (Å²) < 4.78 is 19.1. The maximum Gasteiger partial charge on any atom is 0.412 e. The molecule has 0 heterocycles. The van der Waals surface area contributed by atoms with Crippen LogP contribution in [0.5, 0.6) is 0 Å². The standard InChI is InChI=1S/C15H23FN2O3/c1-14(2,3)21-13(19)18-10-6-7-12(16)11(8-10)15(4,5)9-20-17/h6-8H,9,17H2,1-5H3,(H,18,19). The summed E-state index contributed by atoms with van der Waals surface area (Å²) in [5.41, 5.74) is -0.364. The number of carbonyl (C=O) groups is 1. The van der Waals surface area contributed by atoms with Crippen LogP contribution < -0.4 is 11.2 Å². The molecule has 0 aromatic heterocycles. The van der Waals surface area contributed by atoms with E-state index in [4.69, 9.17) is 10.6 Å². The normalized spacial score (nSPS) is 12.1. The Morgan fingerprint density at radius 1 is 1.29 bits per heavy atom. The number of nitrogens with one attached hydrogen (secondary N) is 1. The van der Waals surface area contributed by atoms with Gasteiger partial charge >= 0.3 is 6.09 Å². The van der Waals surface area contributed by atoms with Gasteiger partial charge in [-0.3, -0.25) is 5.32 Å². The minimum Gasteiger partial charge on any atom is -0.444 e. The second-order valence-electron chi connectivity index (χ2n) is 6.52. The predicted octanol–water partition coefficient (Wildman–Crippen LogP) is 3.34. The second kappa shape index (κ2) is 6.41. The van der Waals surface area contributed by atoms with E-state index in [0.29, 0.717) is 11.3 Å². The van der Waals surface area contributed by atoms with Crippen LogP contribution in [0, 0.1) is 5.82 Å². The summed E-state index contributed by atoms with van der Waals surface area (Å²) in [6.07, 6.45) is -0.590. The van der Waals surface area contributed by atoms with Crippen molar-refractivity contribution in [2.45, 2.75) is 45.6 Å². The number of nitrogens with two attached hydrogens (primary N) is 1. The molecule has 0 aliphatic heterocycles. The van der Waals surface area contributed by atoms with Gasteiger partial charge in [-0.1, -0.05) is 13.8 Å². The third-order valence-electron chi connectivity index (χ3n) is 2.78. The fourth-order valence-corrected chi connectivity index (χ4v) is 1.83. The molecule has 1 amide bonds. The van der Waals surface area contributed by atoms with Gasteiger partial charge in [0.25, 0.3) is 0 Å². The molecule has 0 unspecified atom stereocenters. The molecule has 3 N–H and O–H groups in total. The molecular weight excluding hydrogens is 275 g/mol.